The number of carbonyl (C=O) groups is 5. The van der Waals surface area contributed by atoms with Crippen molar-refractivity contribution < 1.29 is 33.8 Å². The van der Waals surface area contributed by atoms with Gasteiger partial charge in [0.1, 0.15) is 22.8 Å². The third kappa shape index (κ3) is 3.99. The van der Waals surface area contributed by atoms with E-state index in [9.17, 15) is 29.1 Å². The molecule has 0 bridgehead atoms. The van der Waals surface area contributed by atoms with Crippen molar-refractivity contribution in [3.05, 3.63) is 23.4 Å². The molecule has 4 aliphatic rings. The van der Waals surface area contributed by atoms with Crippen LogP contribution in [0, 0.1) is 39.4 Å². The largest absolute Gasteiger partial charge is 0.460 e. The number of fused-ring (bicyclic) bond motifs is 5. The average molecular weight is 556 g/mol. The van der Waals surface area contributed by atoms with E-state index in [0.29, 0.717) is 6.42 Å². The Hall–Kier alpha value is -2.61. The van der Waals surface area contributed by atoms with Crippen molar-refractivity contribution in [1.82, 2.24) is 0 Å². The van der Waals surface area contributed by atoms with Crippen molar-refractivity contribution in [3.8, 4) is 0 Å². The Morgan fingerprint density at radius 2 is 1.65 bits per heavy atom. The molecule has 0 amide bonds. The fourth-order valence-corrected chi connectivity index (χ4v) is 9.00. The molecule has 7 atom stereocenters. The quantitative estimate of drug-likeness (QED) is 0.370. The van der Waals surface area contributed by atoms with E-state index in [4.69, 9.17) is 10.5 Å². The lowest BCUT2D eigenvalue weighted by Crippen LogP contribution is -2.64. The molecule has 3 N–H and O–H groups in total. The van der Waals surface area contributed by atoms with Crippen LogP contribution in [0.15, 0.2) is 23.4 Å². The van der Waals surface area contributed by atoms with Gasteiger partial charge < -0.3 is 15.6 Å². The highest BCUT2D eigenvalue weighted by Gasteiger charge is 2.74. The summed E-state index contributed by atoms with van der Waals surface area (Å²) in [6, 6.07) is 0. The summed E-state index contributed by atoms with van der Waals surface area (Å²) in [4.78, 5) is 66.0. The van der Waals surface area contributed by atoms with Crippen LogP contribution in [0.2, 0.25) is 0 Å². The molecule has 2 fully saturated rings. The van der Waals surface area contributed by atoms with Crippen LogP contribution in [-0.2, 0) is 28.7 Å². The van der Waals surface area contributed by atoms with Crippen LogP contribution in [0.3, 0.4) is 0 Å². The molecule has 8 heteroatoms. The third-order valence-electron chi connectivity index (χ3n) is 11.4. The molecule has 0 heterocycles. The summed E-state index contributed by atoms with van der Waals surface area (Å²) in [5.41, 5.74) is 0.974. The van der Waals surface area contributed by atoms with Gasteiger partial charge >= 0.3 is 5.97 Å². The van der Waals surface area contributed by atoms with E-state index in [2.05, 4.69) is 6.08 Å². The Kier molecular flexibility index (Phi) is 6.79. The summed E-state index contributed by atoms with van der Waals surface area (Å²) >= 11 is 0. The standard InChI is InChI=1S/C32H45NO7/c1-17(34)40-27(2,3)13-12-23(36)32(9,39)25-21(35)15-29(6)22-11-10-18-19(14-20(33)26(38)28(18,4)5)31(22,8)24(37)16-30(25,29)7/h10,14,19,22,25,39H,11-13,15-16,33H2,1-9H3/t19-,22+,25+,29+,30-,31+,32+/m1/s1. The van der Waals surface area contributed by atoms with E-state index in [1.165, 1.54) is 13.8 Å². The lowest BCUT2D eigenvalue weighted by atomic mass is 9.39. The Morgan fingerprint density at radius 3 is 2.23 bits per heavy atom. The molecule has 0 saturated heterocycles. The molecule has 220 valence electrons. The Morgan fingerprint density at radius 1 is 1.05 bits per heavy atom. The van der Waals surface area contributed by atoms with Crippen LogP contribution in [0.1, 0.15) is 94.4 Å². The molecule has 2 saturated carbocycles. The van der Waals surface area contributed by atoms with Crippen LogP contribution in [0.4, 0.5) is 0 Å². The SMILES string of the molecule is CC(=O)OC(C)(C)CCC(=O)[C@](C)(O)[C@H]1C(=O)C[C@@]2(C)[C@@H]3CC=C4[C@@H](C=C(N)C(=O)C4(C)C)[C@]3(C)C(=O)C[C@]12C. The van der Waals surface area contributed by atoms with Crippen molar-refractivity contribution in [1.29, 1.82) is 0 Å². The normalized spacial score (nSPS) is 38.4. The van der Waals surface area contributed by atoms with E-state index in [0.717, 1.165) is 5.57 Å². The van der Waals surface area contributed by atoms with Gasteiger partial charge in [0.15, 0.2) is 11.6 Å². The number of ether oxygens (including phenoxy) is 1. The second kappa shape index (κ2) is 8.94. The van der Waals surface area contributed by atoms with Gasteiger partial charge in [0, 0.05) is 37.5 Å². The minimum Gasteiger partial charge on any atom is -0.460 e. The fraction of sp³-hybridized carbons (Fsp3) is 0.719. The van der Waals surface area contributed by atoms with Crippen molar-refractivity contribution in [3.63, 3.8) is 0 Å². The van der Waals surface area contributed by atoms with Gasteiger partial charge in [0.25, 0.3) is 0 Å². The highest BCUT2D eigenvalue weighted by atomic mass is 16.6. The van der Waals surface area contributed by atoms with E-state index in [-0.39, 0.29) is 60.6 Å². The number of Topliss-reactive ketones (excluding diaryl/α,β-unsaturated/α-hetero) is 4. The smallest absolute Gasteiger partial charge is 0.303 e. The Labute approximate surface area is 237 Å². The summed E-state index contributed by atoms with van der Waals surface area (Å²) in [6.07, 6.45) is 4.57. The topological polar surface area (TPSA) is 141 Å². The maximum absolute atomic E-state index is 14.3. The first kappa shape index (κ1) is 30.4. The minimum absolute atomic E-state index is 0.0289. The number of hydrogen-bond donors (Lipinski definition) is 2. The van der Waals surface area contributed by atoms with E-state index in [1.807, 2.05) is 34.6 Å². The number of ketones is 4. The van der Waals surface area contributed by atoms with Gasteiger partial charge in [-0.1, -0.05) is 32.4 Å². The molecule has 4 rings (SSSR count). The predicted molar refractivity (Wildman–Crippen MR) is 149 cm³/mol. The zero-order chi connectivity index (χ0) is 30.4. The fourth-order valence-electron chi connectivity index (χ4n) is 9.00. The zero-order valence-electron chi connectivity index (χ0n) is 25.4. The summed E-state index contributed by atoms with van der Waals surface area (Å²) in [7, 11) is 0. The molecule has 0 aromatic carbocycles. The van der Waals surface area contributed by atoms with E-state index >= 15 is 0 Å². The Balaban J connectivity index is 1.73. The third-order valence-corrected chi connectivity index (χ3v) is 11.4. The highest BCUT2D eigenvalue weighted by molar-refractivity contribution is 6.03. The number of esters is 1. The molecule has 0 unspecified atom stereocenters. The molecule has 40 heavy (non-hydrogen) atoms. The number of aliphatic hydroxyl groups is 1. The number of carbonyl (C=O) groups excluding carboxylic acids is 5. The Bertz CT molecular complexity index is 1270. The first-order valence-corrected chi connectivity index (χ1v) is 14.3. The van der Waals surface area contributed by atoms with Gasteiger partial charge in [-0.3, -0.25) is 24.0 Å². The van der Waals surface area contributed by atoms with E-state index in [1.54, 1.807) is 19.9 Å². The van der Waals surface area contributed by atoms with Crippen molar-refractivity contribution in [2.45, 2.75) is 106 Å². The number of allylic oxidation sites excluding steroid dienone is 4. The predicted octanol–water partition coefficient (Wildman–Crippen LogP) is 4.02. The lowest BCUT2D eigenvalue weighted by Gasteiger charge is -2.63. The number of rotatable bonds is 6. The molecule has 0 aromatic heterocycles. The maximum atomic E-state index is 14.3. The molecule has 4 aliphatic carbocycles. The summed E-state index contributed by atoms with van der Waals surface area (Å²) in [5, 5.41) is 11.8. The summed E-state index contributed by atoms with van der Waals surface area (Å²) in [6.45, 7) is 15.6. The zero-order valence-corrected chi connectivity index (χ0v) is 25.4. The average Bonchev–Trinajstić information content (AvgIpc) is 3.01. The van der Waals surface area contributed by atoms with Crippen molar-refractivity contribution in [2.24, 2.45) is 45.1 Å². The van der Waals surface area contributed by atoms with Gasteiger partial charge in [0.05, 0.1) is 17.0 Å². The van der Waals surface area contributed by atoms with Gasteiger partial charge in [-0.15, -0.1) is 0 Å². The maximum Gasteiger partial charge on any atom is 0.303 e. The van der Waals surface area contributed by atoms with E-state index < -0.39 is 50.5 Å². The molecular weight excluding hydrogens is 510 g/mol. The summed E-state index contributed by atoms with van der Waals surface area (Å²) in [5.74, 6) is -3.06. The lowest BCUT2D eigenvalue weighted by molar-refractivity contribution is -0.179. The van der Waals surface area contributed by atoms with Crippen molar-refractivity contribution >= 4 is 29.1 Å². The molecule has 0 aliphatic heterocycles. The van der Waals surface area contributed by atoms with Gasteiger partial charge in [-0.2, -0.15) is 0 Å². The second-order valence-electron chi connectivity index (χ2n) is 14.7. The van der Waals surface area contributed by atoms with Crippen molar-refractivity contribution in [2.75, 3.05) is 0 Å². The summed E-state index contributed by atoms with van der Waals surface area (Å²) < 4.78 is 5.30. The molecule has 0 spiro atoms. The molecule has 0 aromatic rings. The van der Waals surface area contributed by atoms with Crippen LogP contribution >= 0.6 is 0 Å². The van der Waals surface area contributed by atoms with Crippen LogP contribution in [0.25, 0.3) is 0 Å². The van der Waals surface area contributed by atoms with Gasteiger partial charge in [-0.25, -0.2) is 0 Å². The first-order chi connectivity index (χ1) is 18.1. The van der Waals surface area contributed by atoms with Gasteiger partial charge in [0.2, 0.25) is 0 Å². The monoisotopic (exact) mass is 555 g/mol. The minimum atomic E-state index is -2.00. The second-order valence-corrected chi connectivity index (χ2v) is 14.7. The number of hydrogen-bond acceptors (Lipinski definition) is 8. The van der Waals surface area contributed by atoms with Gasteiger partial charge in [-0.05, 0) is 70.3 Å². The highest BCUT2D eigenvalue weighted by Crippen LogP contribution is 2.73. The van der Waals surface area contributed by atoms with Crippen LogP contribution in [0.5, 0.6) is 0 Å². The molecular formula is C32H45NO7. The van der Waals surface area contributed by atoms with Crippen LogP contribution < -0.4 is 5.73 Å². The molecule has 8 nitrogen and oxygen atoms in total. The first-order valence-electron chi connectivity index (χ1n) is 14.3. The number of nitrogens with two attached hydrogens (primary N) is 1. The molecule has 0 radical (unpaired) electrons. The van der Waals surface area contributed by atoms with Crippen LogP contribution in [-0.4, -0.2) is 45.4 Å².